The Morgan fingerprint density at radius 2 is 2.00 bits per heavy atom. The number of halogens is 1. The maximum absolute atomic E-state index is 12.4. The Balaban J connectivity index is 2.61. The second-order valence-electron chi connectivity index (χ2n) is 5.32. The molecule has 1 atom stereocenters. The van der Waals surface area contributed by atoms with Gasteiger partial charge in [-0.25, -0.2) is 0 Å². The molecule has 1 saturated heterocycles. The summed E-state index contributed by atoms with van der Waals surface area (Å²) in [5.41, 5.74) is 0.264. The van der Waals surface area contributed by atoms with Crippen LogP contribution in [0.4, 0.5) is 4.39 Å². The first-order chi connectivity index (χ1) is 8.21. The third-order valence-electron chi connectivity index (χ3n) is 4.29. The summed E-state index contributed by atoms with van der Waals surface area (Å²) in [5.74, 6) is 0. The first-order valence-electron chi connectivity index (χ1n) is 7.26. The lowest BCUT2D eigenvalue weighted by atomic mass is 9.87. The fourth-order valence-electron chi connectivity index (χ4n) is 2.90. The summed E-state index contributed by atoms with van der Waals surface area (Å²) in [6, 6.07) is 0.609. The topological polar surface area (TPSA) is 15.3 Å². The van der Waals surface area contributed by atoms with Crippen molar-refractivity contribution < 1.29 is 4.39 Å². The highest BCUT2D eigenvalue weighted by molar-refractivity contribution is 4.96. The summed E-state index contributed by atoms with van der Waals surface area (Å²) >= 11 is 0. The molecule has 0 amide bonds. The van der Waals surface area contributed by atoms with Gasteiger partial charge in [0.25, 0.3) is 0 Å². The number of hydrogen-bond donors (Lipinski definition) is 1. The van der Waals surface area contributed by atoms with Crippen molar-refractivity contribution in [3.8, 4) is 0 Å². The van der Waals surface area contributed by atoms with Crippen molar-refractivity contribution in [3.05, 3.63) is 0 Å². The van der Waals surface area contributed by atoms with Crippen molar-refractivity contribution in [2.24, 2.45) is 0 Å². The van der Waals surface area contributed by atoms with Gasteiger partial charge in [0.05, 0.1) is 6.67 Å². The Kier molecular flexibility index (Phi) is 6.42. The van der Waals surface area contributed by atoms with Gasteiger partial charge in [0.15, 0.2) is 0 Å². The molecule has 0 radical (unpaired) electrons. The quantitative estimate of drug-likeness (QED) is 0.740. The van der Waals surface area contributed by atoms with E-state index in [-0.39, 0.29) is 12.2 Å². The molecule has 0 aromatic rings. The Morgan fingerprint density at radius 3 is 2.53 bits per heavy atom. The molecule has 3 heteroatoms. The molecule has 1 unspecified atom stereocenters. The summed E-state index contributed by atoms with van der Waals surface area (Å²) in [6.07, 6.45) is 5.44. The Bertz CT molecular complexity index is 204. The first-order valence-corrected chi connectivity index (χ1v) is 7.26. The largest absolute Gasteiger partial charge is 0.308 e. The van der Waals surface area contributed by atoms with E-state index in [2.05, 4.69) is 31.0 Å². The smallest absolute Gasteiger partial charge is 0.0906 e. The summed E-state index contributed by atoms with van der Waals surface area (Å²) in [5, 5.41) is 3.74. The minimum absolute atomic E-state index is 0.186. The van der Waals surface area contributed by atoms with E-state index < -0.39 is 0 Å². The molecule has 0 aliphatic carbocycles. The normalized spacial score (nSPS) is 25.1. The Labute approximate surface area is 106 Å². The van der Waals surface area contributed by atoms with Gasteiger partial charge < -0.3 is 5.32 Å². The van der Waals surface area contributed by atoms with E-state index in [9.17, 15) is 4.39 Å². The van der Waals surface area contributed by atoms with E-state index in [0.717, 1.165) is 32.5 Å². The second kappa shape index (κ2) is 7.32. The maximum Gasteiger partial charge on any atom is 0.0906 e. The predicted molar refractivity (Wildman–Crippen MR) is 72.2 cm³/mol. The van der Waals surface area contributed by atoms with E-state index in [4.69, 9.17) is 0 Å². The second-order valence-corrected chi connectivity index (χ2v) is 5.32. The lowest BCUT2D eigenvalue weighted by Gasteiger charge is -2.47. The molecule has 102 valence electrons. The third-order valence-corrected chi connectivity index (χ3v) is 4.29. The van der Waals surface area contributed by atoms with Crippen molar-refractivity contribution in [1.29, 1.82) is 0 Å². The standard InChI is InChI=1S/C14H29FN2/c1-4-8-13-11-16-14(5-2,6-3)12-17(13)10-7-9-15/h13,16H,4-12H2,1-3H3. The highest BCUT2D eigenvalue weighted by Gasteiger charge is 2.35. The molecule has 17 heavy (non-hydrogen) atoms. The number of hydrogen-bond acceptors (Lipinski definition) is 2. The van der Waals surface area contributed by atoms with E-state index in [0.29, 0.717) is 12.5 Å². The van der Waals surface area contributed by atoms with Gasteiger partial charge in [-0.2, -0.15) is 0 Å². The van der Waals surface area contributed by atoms with Crippen molar-refractivity contribution in [1.82, 2.24) is 10.2 Å². The van der Waals surface area contributed by atoms with Crippen LogP contribution >= 0.6 is 0 Å². The Morgan fingerprint density at radius 1 is 1.29 bits per heavy atom. The molecule has 1 rings (SSSR count). The molecule has 1 heterocycles. The van der Waals surface area contributed by atoms with Crippen molar-refractivity contribution in [2.45, 2.75) is 64.5 Å². The molecule has 1 aliphatic rings. The molecule has 0 aromatic carbocycles. The molecular formula is C14H29FN2. The molecule has 0 saturated carbocycles. The molecule has 1 aliphatic heterocycles. The fourth-order valence-corrected chi connectivity index (χ4v) is 2.90. The van der Waals surface area contributed by atoms with Crippen LogP contribution in [0.25, 0.3) is 0 Å². The number of nitrogens with zero attached hydrogens (tertiary/aromatic N) is 1. The average molecular weight is 244 g/mol. The van der Waals surface area contributed by atoms with Gasteiger partial charge in [-0.05, 0) is 25.7 Å². The summed E-state index contributed by atoms with van der Waals surface area (Å²) in [6.45, 7) is 9.63. The van der Waals surface area contributed by atoms with Crippen molar-refractivity contribution in [2.75, 3.05) is 26.3 Å². The first kappa shape index (κ1) is 14.9. The van der Waals surface area contributed by atoms with Gasteiger partial charge in [-0.3, -0.25) is 9.29 Å². The lowest BCUT2D eigenvalue weighted by molar-refractivity contribution is 0.0654. The number of nitrogens with one attached hydrogen (secondary N) is 1. The van der Waals surface area contributed by atoms with Crippen LogP contribution in [0, 0.1) is 0 Å². The monoisotopic (exact) mass is 244 g/mol. The molecule has 1 fully saturated rings. The van der Waals surface area contributed by atoms with Crippen LogP contribution in [-0.2, 0) is 0 Å². The zero-order chi connectivity index (χ0) is 12.7. The van der Waals surface area contributed by atoms with E-state index in [1.54, 1.807) is 0 Å². The van der Waals surface area contributed by atoms with Gasteiger partial charge >= 0.3 is 0 Å². The molecule has 0 spiro atoms. The van der Waals surface area contributed by atoms with Gasteiger partial charge in [0.2, 0.25) is 0 Å². The molecular weight excluding hydrogens is 215 g/mol. The van der Waals surface area contributed by atoms with Crippen molar-refractivity contribution >= 4 is 0 Å². The van der Waals surface area contributed by atoms with Crippen LogP contribution in [0.15, 0.2) is 0 Å². The molecule has 0 aromatic heterocycles. The minimum Gasteiger partial charge on any atom is -0.308 e. The average Bonchev–Trinajstić information content (AvgIpc) is 2.38. The lowest BCUT2D eigenvalue weighted by Crippen LogP contribution is -2.63. The van der Waals surface area contributed by atoms with Crippen LogP contribution in [0.5, 0.6) is 0 Å². The highest BCUT2D eigenvalue weighted by Crippen LogP contribution is 2.24. The predicted octanol–water partition coefficient (Wildman–Crippen LogP) is 2.98. The van der Waals surface area contributed by atoms with Crippen LogP contribution in [-0.4, -0.2) is 42.8 Å². The van der Waals surface area contributed by atoms with Gasteiger partial charge in [0, 0.05) is 31.2 Å². The summed E-state index contributed by atoms with van der Waals surface area (Å²) in [4.78, 5) is 2.52. The molecule has 1 N–H and O–H groups in total. The molecule has 2 nitrogen and oxygen atoms in total. The minimum atomic E-state index is -0.186. The molecule has 0 bridgehead atoms. The van der Waals surface area contributed by atoms with Crippen LogP contribution in [0.1, 0.15) is 52.9 Å². The fraction of sp³-hybridized carbons (Fsp3) is 1.00. The number of alkyl halides is 1. The van der Waals surface area contributed by atoms with E-state index in [1.165, 1.54) is 12.8 Å². The van der Waals surface area contributed by atoms with E-state index in [1.807, 2.05) is 0 Å². The van der Waals surface area contributed by atoms with Gasteiger partial charge in [-0.1, -0.05) is 27.2 Å². The summed E-state index contributed by atoms with van der Waals surface area (Å²) < 4.78 is 12.4. The SMILES string of the molecule is CCCC1CNC(CC)(CC)CN1CCCF. The number of rotatable bonds is 7. The Hall–Kier alpha value is -0.150. The van der Waals surface area contributed by atoms with E-state index >= 15 is 0 Å². The van der Waals surface area contributed by atoms with Gasteiger partial charge in [0.1, 0.15) is 0 Å². The van der Waals surface area contributed by atoms with Crippen LogP contribution < -0.4 is 5.32 Å². The van der Waals surface area contributed by atoms with Crippen LogP contribution in [0.3, 0.4) is 0 Å². The zero-order valence-electron chi connectivity index (χ0n) is 11.8. The summed E-state index contributed by atoms with van der Waals surface area (Å²) in [7, 11) is 0. The van der Waals surface area contributed by atoms with Crippen molar-refractivity contribution in [3.63, 3.8) is 0 Å². The maximum atomic E-state index is 12.4. The number of piperazine rings is 1. The zero-order valence-corrected chi connectivity index (χ0v) is 11.8. The van der Waals surface area contributed by atoms with Crippen LogP contribution in [0.2, 0.25) is 0 Å². The highest BCUT2D eigenvalue weighted by atomic mass is 19.1. The third kappa shape index (κ3) is 3.92. The van der Waals surface area contributed by atoms with Gasteiger partial charge in [-0.15, -0.1) is 0 Å².